The number of benzene rings is 1. The van der Waals surface area contributed by atoms with E-state index in [0.29, 0.717) is 25.2 Å². The minimum Gasteiger partial charge on any atom is -0.369 e. The molecule has 0 radical (unpaired) electrons. The molecule has 6 rings (SSSR count). The zero-order valence-corrected chi connectivity index (χ0v) is 20.6. The number of nitrogens with one attached hydrogen (secondary N) is 2. The number of aromatic nitrogens is 2. The maximum atomic E-state index is 15.1. The highest BCUT2D eigenvalue weighted by Gasteiger charge is 2.56. The summed E-state index contributed by atoms with van der Waals surface area (Å²) in [5.74, 6) is 0.0416. The third kappa shape index (κ3) is 3.87. The van der Waals surface area contributed by atoms with Crippen LogP contribution in [0.3, 0.4) is 0 Å². The van der Waals surface area contributed by atoms with Gasteiger partial charge >= 0.3 is 0 Å². The van der Waals surface area contributed by atoms with E-state index in [1.54, 1.807) is 23.2 Å². The van der Waals surface area contributed by atoms with Crippen molar-refractivity contribution in [2.24, 2.45) is 5.41 Å². The Balaban J connectivity index is 1.28. The molecule has 190 valence electrons. The van der Waals surface area contributed by atoms with E-state index in [1.165, 1.54) is 0 Å². The number of amides is 2. The summed E-state index contributed by atoms with van der Waals surface area (Å²) in [6.07, 6.45) is 6.33. The van der Waals surface area contributed by atoms with Crippen molar-refractivity contribution in [2.45, 2.75) is 44.6 Å². The molecule has 2 N–H and O–H groups in total. The van der Waals surface area contributed by atoms with Crippen molar-refractivity contribution >= 4 is 35.0 Å². The lowest BCUT2D eigenvalue weighted by Crippen LogP contribution is -2.56. The third-order valence-electron chi connectivity index (χ3n) is 8.22. The van der Waals surface area contributed by atoms with E-state index in [1.807, 2.05) is 6.07 Å². The number of anilines is 4. The van der Waals surface area contributed by atoms with Gasteiger partial charge < -0.3 is 20.4 Å². The highest BCUT2D eigenvalue weighted by molar-refractivity contribution is 6.14. The number of carbonyl (C=O) groups excluding carboxylic acids is 2. The monoisotopic (exact) mass is 493 g/mol. The maximum Gasteiger partial charge on any atom is 0.244 e. The van der Waals surface area contributed by atoms with E-state index < -0.39 is 5.41 Å². The zero-order chi connectivity index (χ0) is 24.9. The molecule has 2 saturated heterocycles. The highest BCUT2D eigenvalue weighted by atomic mass is 19.1. The van der Waals surface area contributed by atoms with Crippen LogP contribution >= 0.6 is 0 Å². The van der Waals surface area contributed by atoms with Gasteiger partial charge in [0.15, 0.2) is 0 Å². The minimum absolute atomic E-state index is 0.0178. The van der Waals surface area contributed by atoms with E-state index in [-0.39, 0.29) is 35.3 Å². The average molecular weight is 494 g/mol. The van der Waals surface area contributed by atoms with Crippen LogP contribution in [0.1, 0.15) is 37.7 Å². The zero-order valence-electron chi connectivity index (χ0n) is 20.6. The number of halogens is 1. The maximum absolute atomic E-state index is 15.1. The minimum atomic E-state index is -1.07. The van der Waals surface area contributed by atoms with Gasteiger partial charge in [0.1, 0.15) is 17.1 Å². The van der Waals surface area contributed by atoms with Crippen LogP contribution < -0.4 is 20.4 Å². The Hall–Kier alpha value is -3.27. The predicted octanol–water partition coefficient (Wildman–Crippen LogP) is 2.45. The van der Waals surface area contributed by atoms with Gasteiger partial charge in [-0.15, -0.1) is 0 Å². The molecule has 0 bridgehead atoms. The van der Waals surface area contributed by atoms with Gasteiger partial charge in [-0.25, -0.2) is 9.37 Å². The van der Waals surface area contributed by atoms with E-state index in [2.05, 4.69) is 32.5 Å². The molecule has 1 atom stereocenters. The van der Waals surface area contributed by atoms with Crippen molar-refractivity contribution in [1.82, 2.24) is 20.2 Å². The number of nitrogens with zero attached hydrogens (tertiary/aromatic N) is 5. The first kappa shape index (κ1) is 23.1. The lowest BCUT2D eigenvalue weighted by molar-refractivity contribution is -0.140. The van der Waals surface area contributed by atoms with Gasteiger partial charge in [-0.3, -0.25) is 14.5 Å². The molecule has 3 fully saturated rings. The summed E-state index contributed by atoms with van der Waals surface area (Å²) < 4.78 is 15.1. The van der Waals surface area contributed by atoms with E-state index in [0.717, 1.165) is 63.1 Å². The summed E-state index contributed by atoms with van der Waals surface area (Å²) in [6, 6.07) is 5.18. The predicted molar refractivity (Wildman–Crippen MR) is 135 cm³/mol. The molecule has 1 aliphatic carbocycles. The van der Waals surface area contributed by atoms with Gasteiger partial charge in [-0.1, -0.05) is 12.8 Å². The van der Waals surface area contributed by atoms with Gasteiger partial charge in [-0.05, 0) is 44.5 Å². The van der Waals surface area contributed by atoms with Gasteiger partial charge in [0.25, 0.3) is 0 Å². The fourth-order valence-electron chi connectivity index (χ4n) is 6.05. The molecule has 9 nitrogen and oxygen atoms in total. The van der Waals surface area contributed by atoms with E-state index in [4.69, 9.17) is 4.98 Å². The van der Waals surface area contributed by atoms with Crippen LogP contribution in [0.2, 0.25) is 0 Å². The second kappa shape index (κ2) is 8.99. The van der Waals surface area contributed by atoms with Crippen LogP contribution in [0.25, 0.3) is 0 Å². The topological polar surface area (TPSA) is 93.7 Å². The lowest BCUT2D eigenvalue weighted by Gasteiger charge is -2.40. The van der Waals surface area contributed by atoms with Crippen LogP contribution in [0.4, 0.5) is 27.5 Å². The van der Waals surface area contributed by atoms with Gasteiger partial charge in [0.2, 0.25) is 17.8 Å². The van der Waals surface area contributed by atoms with Crippen molar-refractivity contribution in [1.29, 1.82) is 0 Å². The lowest BCUT2D eigenvalue weighted by atomic mass is 9.76. The summed E-state index contributed by atoms with van der Waals surface area (Å²) in [7, 11) is 2.09. The van der Waals surface area contributed by atoms with Crippen LogP contribution in [0.15, 0.2) is 24.4 Å². The van der Waals surface area contributed by atoms with Crippen LogP contribution in [-0.4, -0.2) is 72.5 Å². The van der Waals surface area contributed by atoms with Crippen LogP contribution in [-0.2, 0) is 16.0 Å². The molecule has 1 aromatic carbocycles. The Kier molecular flexibility index (Phi) is 5.78. The summed E-state index contributed by atoms with van der Waals surface area (Å²) in [5.41, 5.74) is 0.860. The SMILES string of the molecule is CN1CCN(c2ccc(Nc3ncc4c(n3)N(C3CCCC3)C(=O)[C@]3(CCNC3=O)C4)c(F)c2)CC1. The molecule has 3 aliphatic heterocycles. The Labute approximate surface area is 210 Å². The number of hydrogen-bond donors (Lipinski definition) is 2. The fourth-order valence-corrected chi connectivity index (χ4v) is 6.05. The first-order valence-electron chi connectivity index (χ1n) is 12.9. The summed E-state index contributed by atoms with van der Waals surface area (Å²) in [5, 5.41) is 5.86. The summed E-state index contributed by atoms with van der Waals surface area (Å²) >= 11 is 0. The summed E-state index contributed by atoms with van der Waals surface area (Å²) in [4.78, 5) is 41.9. The molecule has 1 spiro atoms. The number of piperazine rings is 1. The average Bonchev–Trinajstić information content (AvgIpc) is 3.53. The number of carbonyl (C=O) groups is 2. The van der Waals surface area contributed by atoms with Gasteiger partial charge in [0, 0.05) is 62.6 Å². The number of fused-ring (bicyclic) bond motifs is 1. The van der Waals surface area contributed by atoms with Crippen LogP contribution in [0.5, 0.6) is 0 Å². The molecule has 10 heteroatoms. The van der Waals surface area contributed by atoms with Crippen molar-refractivity contribution in [2.75, 3.05) is 54.9 Å². The summed E-state index contributed by atoms with van der Waals surface area (Å²) in [6.45, 7) is 4.12. The third-order valence-corrected chi connectivity index (χ3v) is 8.22. The molecule has 0 unspecified atom stereocenters. The van der Waals surface area contributed by atoms with Gasteiger partial charge in [-0.2, -0.15) is 4.98 Å². The van der Waals surface area contributed by atoms with E-state index >= 15 is 4.39 Å². The Bertz CT molecular complexity index is 1190. The number of rotatable bonds is 4. The number of hydrogen-bond acceptors (Lipinski definition) is 7. The van der Waals surface area contributed by atoms with Crippen molar-refractivity contribution in [3.63, 3.8) is 0 Å². The second-order valence-electron chi connectivity index (χ2n) is 10.5. The largest absolute Gasteiger partial charge is 0.369 e. The smallest absolute Gasteiger partial charge is 0.244 e. The van der Waals surface area contributed by atoms with Crippen molar-refractivity contribution in [3.05, 3.63) is 35.8 Å². The molecule has 36 heavy (non-hydrogen) atoms. The van der Waals surface area contributed by atoms with Gasteiger partial charge in [0.05, 0.1) is 5.69 Å². The highest BCUT2D eigenvalue weighted by Crippen LogP contribution is 2.44. The first-order chi connectivity index (χ1) is 17.4. The molecular weight excluding hydrogens is 461 g/mol. The molecule has 4 aliphatic rings. The normalized spacial score (nSPS) is 24.9. The molecule has 2 aromatic rings. The molecule has 1 saturated carbocycles. The Morgan fingerprint density at radius 1 is 1.14 bits per heavy atom. The Morgan fingerprint density at radius 3 is 2.61 bits per heavy atom. The second-order valence-corrected chi connectivity index (χ2v) is 10.5. The van der Waals surface area contributed by atoms with Crippen molar-refractivity contribution in [3.8, 4) is 0 Å². The fraction of sp³-hybridized carbons (Fsp3) is 0.538. The molecule has 2 amide bonds. The van der Waals surface area contributed by atoms with Crippen LogP contribution in [0, 0.1) is 11.2 Å². The molecular formula is C26H32FN7O2. The first-order valence-corrected chi connectivity index (χ1v) is 12.9. The molecule has 4 heterocycles. The quantitative estimate of drug-likeness (QED) is 0.632. The molecule has 1 aromatic heterocycles. The van der Waals surface area contributed by atoms with Crippen molar-refractivity contribution < 1.29 is 14.0 Å². The number of likely N-dealkylation sites (N-methyl/N-ethyl adjacent to an activating group) is 1. The Morgan fingerprint density at radius 2 is 1.92 bits per heavy atom. The van der Waals surface area contributed by atoms with E-state index in [9.17, 15) is 9.59 Å². The standard InChI is InChI=1S/C26H32FN7O2/c1-32-10-12-33(13-11-32)19-6-7-21(20(27)14-19)30-25-29-16-17-15-26(8-9-28-23(26)35)24(36)34(22(17)31-25)18-4-2-3-5-18/h6-7,14,16,18H,2-5,8-13,15H2,1H3,(H,28,35)(H,29,30,31)/t26-/m1/s1.